The van der Waals surface area contributed by atoms with Gasteiger partial charge in [0.1, 0.15) is 11.5 Å². The third-order valence-electron chi connectivity index (χ3n) is 7.71. The lowest BCUT2D eigenvalue weighted by molar-refractivity contribution is -0.116. The minimum Gasteiger partial charge on any atom is -0.497 e. The Hall–Kier alpha value is -4.86. The highest BCUT2D eigenvalue weighted by Gasteiger charge is 2.25. The van der Waals surface area contributed by atoms with Crippen molar-refractivity contribution >= 4 is 23.5 Å². The fraction of sp³-hybridized carbons (Fsp3) is 0.333. The van der Waals surface area contributed by atoms with Crippen LogP contribution in [0.2, 0.25) is 0 Å². The van der Waals surface area contributed by atoms with Gasteiger partial charge in [-0.1, -0.05) is 37.1 Å². The van der Waals surface area contributed by atoms with E-state index in [0.717, 1.165) is 66.1 Å². The Labute approximate surface area is 251 Å². The molecule has 43 heavy (non-hydrogen) atoms. The van der Waals surface area contributed by atoms with Crippen molar-refractivity contribution in [2.24, 2.45) is 0 Å². The fourth-order valence-corrected chi connectivity index (χ4v) is 5.38. The summed E-state index contributed by atoms with van der Waals surface area (Å²) in [6.45, 7) is 0. The summed E-state index contributed by atoms with van der Waals surface area (Å²) in [5.41, 5.74) is 3.60. The Balaban J connectivity index is 1.14. The number of methoxy groups -OCH3 is 2. The second-order valence-electron chi connectivity index (χ2n) is 10.7. The van der Waals surface area contributed by atoms with E-state index in [0.29, 0.717) is 11.6 Å². The summed E-state index contributed by atoms with van der Waals surface area (Å²) in [6.07, 6.45) is 5.58. The summed E-state index contributed by atoms with van der Waals surface area (Å²) < 4.78 is 10.3. The Morgan fingerprint density at radius 3 is 1.40 bits per heavy atom. The summed E-state index contributed by atoms with van der Waals surface area (Å²) >= 11 is 0. The van der Waals surface area contributed by atoms with E-state index in [1.54, 1.807) is 14.2 Å². The van der Waals surface area contributed by atoms with Gasteiger partial charge in [-0.25, -0.2) is 0 Å². The number of hydrogen-bond acceptors (Lipinski definition) is 8. The summed E-state index contributed by atoms with van der Waals surface area (Å²) in [5, 5.41) is 23.2. The molecule has 2 heterocycles. The number of anilines is 2. The number of amides is 2. The highest BCUT2D eigenvalue weighted by Crippen LogP contribution is 2.38. The first-order chi connectivity index (χ1) is 21.0. The van der Waals surface area contributed by atoms with Crippen molar-refractivity contribution in [2.45, 2.75) is 56.8 Å². The summed E-state index contributed by atoms with van der Waals surface area (Å²) in [6, 6.07) is 22.4. The molecule has 4 aromatic rings. The molecular weight excluding hydrogens is 544 g/mol. The van der Waals surface area contributed by atoms with Crippen LogP contribution in [-0.2, 0) is 22.4 Å². The van der Waals surface area contributed by atoms with E-state index in [1.807, 2.05) is 72.8 Å². The van der Waals surface area contributed by atoms with Gasteiger partial charge < -0.3 is 20.1 Å². The lowest BCUT2D eigenvalue weighted by Crippen LogP contribution is -2.16. The van der Waals surface area contributed by atoms with Gasteiger partial charge in [0, 0.05) is 11.8 Å². The van der Waals surface area contributed by atoms with Crippen molar-refractivity contribution in [1.82, 2.24) is 20.4 Å². The molecule has 1 aliphatic carbocycles. The molecule has 1 saturated carbocycles. The number of ether oxygens (including phenoxy) is 2. The van der Waals surface area contributed by atoms with Gasteiger partial charge in [-0.05, 0) is 78.9 Å². The average Bonchev–Trinajstić information content (AvgIpc) is 3.29. The zero-order chi connectivity index (χ0) is 30.0. The van der Waals surface area contributed by atoms with E-state index in [1.165, 1.54) is 0 Å². The number of carbonyl (C=O) groups is 2. The van der Waals surface area contributed by atoms with Gasteiger partial charge in [-0.2, -0.15) is 10.2 Å². The smallest absolute Gasteiger partial charge is 0.229 e. The molecule has 0 bridgehead atoms. The van der Waals surface area contributed by atoms with Crippen LogP contribution < -0.4 is 20.1 Å². The molecule has 0 spiro atoms. The number of hydrogen-bond donors (Lipinski definition) is 2. The first-order valence-corrected chi connectivity index (χ1v) is 14.5. The van der Waals surface area contributed by atoms with Crippen LogP contribution in [0.1, 0.15) is 66.5 Å². The minimum atomic E-state index is -0.152. The first kappa shape index (κ1) is 29.6. The first-order valence-electron chi connectivity index (χ1n) is 14.5. The highest BCUT2D eigenvalue weighted by atomic mass is 16.5. The van der Waals surface area contributed by atoms with Gasteiger partial charge in [-0.3, -0.25) is 9.59 Å². The standard InChI is InChI=1S/C33H36N6O4/c1-42-26-11-7-22(8-12-26)19-32(40)34-30-17-15-28(36-38-30)24-5-3-4-6-25(21-24)29-16-18-31(39-37-29)35-33(41)20-23-9-13-27(43-2)14-10-23/h7-18,24-25H,3-6,19-21H2,1-2H3,(H,34,38,40)(H,35,39,41)/t24-,25-/m1/s1. The number of rotatable bonds is 10. The second-order valence-corrected chi connectivity index (χ2v) is 10.7. The molecule has 2 N–H and O–H groups in total. The van der Waals surface area contributed by atoms with E-state index in [4.69, 9.17) is 9.47 Å². The molecule has 1 aliphatic rings. The zero-order valence-electron chi connectivity index (χ0n) is 24.5. The van der Waals surface area contributed by atoms with Gasteiger partial charge in [0.15, 0.2) is 11.6 Å². The van der Waals surface area contributed by atoms with Crippen molar-refractivity contribution < 1.29 is 19.1 Å². The molecule has 1 fully saturated rings. The number of carbonyl (C=O) groups excluding carboxylic acids is 2. The van der Waals surface area contributed by atoms with Crippen LogP contribution >= 0.6 is 0 Å². The highest BCUT2D eigenvalue weighted by molar-refractivity contribution is 5.91. The van der Waals surface area contributed by atoms with E-state index < -0.39 is 0 Å². The van der Waals surface area contributed by atoms with Crippen molar-refractivity contribution in [3.63, 3.8) is 0 Å². The van der Waals surface area contributed by atoms with Crippen LogP contribution in [0.5, 0.6) is 11.5 Å². The Morgan fingerprint density at radius 1 is 0.628 bits per heavy atom. The number of aromatic nitrogens is 4. The van der Waals surface area contributed by atoms with E-state index >= 15 is 0 Å². The third-order valence-corrected chi connectivity index (χ3v) is 7.71. The quantitative estimate of drug-likeness (QED) is 0.236. The monoisotopic (exact) mass is 580 g/mol. The van der Waals surface area contributed by atoms with Gasteiger partial charge >= 0.3 is 0 Å². The number of nitrogens with zero attached hydrogens (tertiary/aromatic N) is 4. The molecule has 0 radical (unpaired) electrons. The third kappa shape index (κ3) is 8.34. The van der Waals surface area contributed by atoms with Crippen LogP contribution in [0.4, 0.5) is 11.6 Å². The summed E-state index contributed by atoms with van der Waals surface area (Å²) in [4.78, 5) is 25.0. The normalized spacial score (nSPS) is 16.5. The Morgan fingerprint density at radius 2 is 1.05 bits per heavy atom. The molecule has 0 unspecified atom stereocenters. The molecule has 10 nitrogen and oxygen atoms in total. The molecule has 0 saturated heterocycles. The topological polar surface area (TPSA) is 128 Å². The molecule has 2 aromatic carbocycles. The predicted octanol–water partition coefficient (Wildman–Crippen LogP) is 5.48. The number of nitrogens with one attached hydrogen (secondary N) is 2. The van der Waals surface area contributed by atoms with Gasteiger partial charge in [0.05, 0.1) is 38.4 Å². The van der Waals surface area contributed by atoms with Crippen LogP contribution in [0.3, 0.4) is 0 Å². The SMILES string of the molecule is COc1ccc(CC(=O)Nc2ccc([C@@H]3CCCC[C@@H](c4ccc(NC(=O)Cc5ccc(OC)cc5)nn4)C3)nn2)cc1. The molecule has 222 valence electrons. The summed E-state index contributed by atoms with van der Waals surface area (Å²) in [7, 11) is 3.22. The van der Waals surface area contributed by atoms with Crippen LogP contribution in [0, 0.1) is 0 Å². The fourth-order valence-electron chi connectivity index (χ4n) is 5.38. The van der Waals surface area contributed by atoms with Gasteiger partial charge in [0.2, 0.25) is 11.8 Å². The molecule has 2 amide bonds. The van der Waals surface area contributed by atoms with Crippen LogP contribution in [-0.4, -0.2) is 46.4 Å². The maximum Gasteiger partial charge on any atom is 0.229 e. The Kier molecular flexibility index (Phi) is 9.89. The van der Waals surface area contributed by atoms with Gasteiger partial charge in [-0.15, -0.1) is 10.2 Å². The van der Waals surface area contributed by atoms with Crippen molar-refractivity contribution in [2.75, 3.05) is 24.9 Å². The molecular formula is C33H36N6O4. The number of benzene rings is 2. The molecule has 2 atom stereocenters. The Bertz CT molecular complexity index is 1380. The van der Waals surface area contributed by atoms with Crippen molar-refractivity contribution in [3.8, 4) is 11.5 Å². The lowest BCUT2D eigenvalue weighted by atomic mass is 9.88. The molecule has 2 aromatic heterocycles. The van der Waals surface area contributed by atoms with Gasteiger partial charge in [0.25, 0.3) is 0 Å². The minimum absolute atomic E-state index is 0.152. The van der Waals surface area contributed by atoms with Crippen molar-refractivity contribution in [1.29, 1.82) is 0 Å². The predicted molar refractivity (Wildman–Crippen MR) is 163 cm³/mol. The molecule has 5 rings (SSSR count). The van der Waals surface area contributed by atoms with E-state index in [2.05, 4.69) is 31.0 Å². The van der Waals surface area contributed by atoms with E-state index in [9.17, 15) is 9.59 Å². The molecule has 10 heteroatoms. The largest absolute Gasteiger partial charge is 0.497 e. The second kappa shape index (κ2) is 14.4. The van der Waals surface area contributed by atoms with Crippen LogP contribution in [0.15, 0.2) is 72.8 Å². The maximum absolute atomic E-state index is 12.5. The van der Waals surface area contributed by atoms with Crippen molar-refractivity contribution in [3.05, 3.63) is 95.3 Å². The molecule has 0 aliphatic heterocycles. The average molecular weight is 581 g/mol. The van der Waals surface area contributed by atoms with E-state index in [-0.39, 0.29) is 36.5 Å². The van der Waals surface area contributed by atoms with Crippen LogP contribution in [0.25, 0.3) is 0 Å². The zero-order valence-corrected chi connectivity index (χ0v) is 24.5. The summed E-state index contributed by atoms with van der Waals surface area (Å²) in [5.74, 6) is 2.53. The maximum atomic E-state index is 12.5. The lowest BCUT2D eigenvalue weighted by Gasteiger charge is -2.19.